The van der Waals surface area contributed by atoms with Crippen LogP contribution in [0.5, 0.6) is 11.6 Å². The fourth-order valence-corrected chi connectivity index (χ4v) is 1.39. The first kappa shape index (κ1) is 10.8. The molecule has 0 bridgehead atoms. The Kier molecular flexibility index (Phi) is 3.00. The van der Waals surface area contributed by atoms with Gasteiger partial charge in [0, 0.05) is 4.47 Å². The van der Waals surface area contributed by atoms with Crippen LogP contribution in [-0.4, -0.2) is 9.97 Å². The molecule has 1 aromatic heterocycles. The Morgan fingerprint density at radius 1 is 1.25 bits per heavy atom. The Balaban J connectivity index is 2.26. The number of nitrogens with two attached hydrogens (primary N) is 1. The zero-order valence-electron chi connectivity index (χ0n) is 8.02. The van der Waals surface area contributed by atoms with Gasteiger partial charge in [0.1, 0.15) is 5.82 Å². The molecule has 2 N–H and O–H groups in total. The number of nitrogen functional groups attached to an aromatic ring is 1. The monoisotopic (exact) mass is 283 g/mol. The van der Waals surface area contributed by atoms with E-state index in [0.29, 0.717) is 4.47 Å². The van der Waals surface area contributed by atoms with E-state index in [1.165, 1.54) is 24.5 Å². The Morgan fingerprint density at radius 2 is 2.06 bits per heavy atom. The van der Waals surface area contributed by atoms with Gasteiger partial charge in [-0.2, -0.15) is 0 Å². The Morgan fingerprint density at radius 3 is 2.75 bits per heavy atom. The molecule has 0 fully saturated rings. The average molecular weight is 284 g/mol. The Hall–Kier alpha value is -1.69. The van der Waals surface area contributed by atoms with Crippen LogP contribution >= 0.6 is 15.9 Å². The van der Waals surface area contributed by atoms with Gasteiger partial charge in [0.25, 0.3) is 0 Å². The van der Waals surface area contributed by atoms with E-state index in [-0.39, 0.29) is 17.4 Å². The molecule has 0 unspecified atom stereocenters. The number of ether oxygens (including phenoxy) is 1. The van der Waals surface area contributed by atoms with Gasteiger partial charge in [-0.1, -0.05) is 15.9 Å². The van der Waals surface area contributed by atoms with E-state index in [1.807, 2.05) is 0 Å². The molecule has 0 spiro atoms. The summed E-state index contributed by atoms with van der Waals surface area (Å²) in [4.78, 5) is 7.64. The van der Waals surface area contributed by atoms with E-state index >= 15 is 0 Å². The van der Waals surface area contributed by atoms with Crippen LogP contribution in [0.4, 0.5) is 10.2 Å². The van der Waals surface area contributed by atoms with Gasteiger partial charge in [0.05, 0.1) is 12.4 Å². The number of halogens is 2. The molecule has 0 saturated carbocycles. The summed E-state index contributed by atoms with van der Waals surface area (Å²) in [7, 11) is 0. The van der Waals surface area contributed by atoms with Gasteiger partial charge in [0.15, 0.2) is 11.6 Å². The second-order valence-electron chi connectivity index (χ2n) is 2.96. The van der Waals surface area contributed by atoms with E-state index < -0.39 is 5.82 Å². The third kappa shape index (κ3) is 2.46. The lowest BCUT2D eigenvalue weighted by Crippen LogP contribution is -1.95. The lowest BCUT2D eigenvalue weighted by atomic mass is 10.3. The molecule has 4 nitrogen and oxygen atoms in total. The van der Waals surface area contributed by atoms with Gasteiger partial charge in [-0.25, -0.2) is 14.4 Å². The predicted octanol–water partition coefficient (Wildman–Crippen LogP) is 2.75. The van der Waals surface area contributed by atoms with E-state index in [4.69, 9.17) is 10.5 Å². The molecule has 6 heteroatoms. The number of anilines is 1. The summed E-state index contributed by atoms with van der Waals surface area (Å²) in [6.45, 7) is 0. The summed E-state index contributed by atoms with van der Waals surface area (Å²) in [5, 5.41) is 0. The van der Waals surface area contributed by atoms with Crippen molar-refractivity contribution in [1.82, 2.24) is 9.97 Å². The highest BCUT2D eigenvalue weighted by atomic mass is 79.9. The predicted molar refractivity (Wildman–Crippen MR) is 60.6 cm³/mol. The molecule has 0 aliphatic heterocycles. The van der Waals surface area contributed by atoms with Crippen LogP contribution in [0.25, 0.3) is 0 Å². The average Bonchev–Trinajstić information content (AvgIpc) is 2.27. The van der Waals surface area contributed by atoms with E-state index in [1.54, 1.807) is 6.07 Å². The van der Waals surface area contributed by atoms with E-state index in [2.05, 4.69) is 25.9 Å². The van der Waals surface area contributed by atoms with Gasteiger partial charge in [0.2, 0.25) is 5.88 Å². The van der Waals surface area contributed by atoms with Crippen LogP contribution in [0.15, 0.2) is 35.1 Å². The molecule has 82 valence electrons. The summed E-state index contributed by atoms with van der Waals surface area (Å²) in [5.74, 6) is 0.0727. The molecular formula is C10H7BrFN3O. The van der Waals surface area contributed by atoms with Crippen molar-refractivity contribution in [1.29, 1.82) is 0 Å². The molecule has 1 heterocycles. The number of benzene rings is 1. The topological polar surface area (TPSA) is 61.0 Å². The summed E-state index contributed by atoms with van der Waals surface area (Å²) in [6.07, 6.45) is 2.67. The van der Waals surface area contributed by atoms with Crippen LogP contribution in [0, 0.1) is 5.82 Å². The maximum Gasteiger partial charge on any atom is 0.238 e. The number of hydrogen-bond donors (Lipinski definition) is 1. The minimum absolute atomic E-state index is 0.0773. The molecule has 16 heavy (non-hydrogen) atoms. The summed E-state index contributed by atoms with van der Waals surface area (Å²) in [6, 6.07) is 4.38. The zero-order chi connectivity index (χ0) is 11.5. The van der Waals surface area contributed by atoms with Crippen molar-refractivity contribution < 1.29 is 9.13 Å². The fourth-order valence-electron chi connectivity index (χ4n) is 1.05. The first-order valence-electron chi connectivity index (χ1n) is 4.35. The smallest absolute Gasteiger partial charge is 0.238 e. The molecule has 0 aliphatic rings. The highest BCUT2D eigenvalue weighted by molar-refractivity contribution is 9.10. The Labute approximate surface area is 99.4 Å². The molecule has 0 atom stereocenters. The van der Waals surface area contributed by atoms with Gasteiger partial charge < -0.3 is 10.5 Å². The molecule has 0 saturated heterocycles. The lowest BCUT2D eigenvalue weighted by Gasteiger charge is -2.05. The second kappa shape index (κ2) is 4.44. The quantitative estimate of drug-likeness (QED) is 0.921. The van der Waals surface area contributed by atoms with Crippen LogP contribution < -0.4 is 10.5 Å². The number of rotatable bonds is 2. The largest absolute Gasteiger partial charge is 0.434 e. The molecule has 0 radical (unpaired) electrons. The SMILES string of the molecule is Nc1cnc(Oc2cc(Br)ccc2F)cn1. The number of aromatic nitrogens is 2. The maximum atomic E-state index is 13.3. The summed E-state index contributed by atoms with van der Waals surface area (Å²) in [5.41, 5.74) is 5.36. The summed E-state index contributed by atoms with van der Waals surface area (Å²) < 4.78 is 19.2. The molecule has 0 aliphatic carbocycles. The molecular weight excluding hydrogens is 277 g/mol. The third-order valence-corrected chi connectivity index (χ3v) is 2.25. The molecule has 2 aromatic rings. The molecule has 1 aromatic carbocycles. The van der Waals surface area contributed by atoms with Crippen molar-refractivity contribution in [2.45, 2.75) is 0 Å². The molecule has 2 rings (SSSR count). The summed E-state index contributed by atoms with van der Waals surface area (Å²) >= 11 is 3.22. The minimum Gasteiger partial charge on any atom is -0.434 e. The van der Waals surface area contributed by atoms with Crippen LogP contribution in [-0.2, 0) is 0 Å². The minimum atomic E-state index is -0.471. The third-order valence-electron chi connectivity index (χ3n) is 1.76. The molecule has 0 amide bonds. The number of hydrogen-bond acceptors (Lipinski definition) is 4. The van der Waals surface area contributed by atoms with Crippen LogP contribution in [0.2, 0.25) is 0 Å². The standard InChI is InChI=1S/C10H7BrFN3O/c11-6-1-2-7(12)8(3-6)16-10-5-14-9(13)4-15-10/h1-5H,(H2,13,14). The van der Waals surface area contributed by atoms with Crippen molar-refractivity contribution >= 4 is 21.7 Å². The van der Waals surface area contributed by atoms with Crippen molar-refractivity contribution in [3.63, 3.8) is 0 Å². The lowest BCUT2D eigenvalue weighted by molar-refractivity contribution is 0.425. The second-order valence-corrected chi connectivity index (χ2v) is 3.87. The van der Waals surface area contributed by atoms with Gasteiger partial charge in [-0.05, 0) is 18.2 Å². The number of nitrogens with zero attached hydrogens (tertiary/aromatic N) is 2. The highest BCUT2D eigenvalue weighted by Gasteiger charge is 2.06. The van der Waals surface area contributed by atoms with Crippen LogP contribution in [0.1, 0.15) is 0 Å². The van der Waals surface area contributed by atoms with Gasteiger partial charge in [-0.15, -0.1) is 0 Å². The fraction of sp³-hybridized carbons (Fsp3) is 0. The van der Waals surface area contributed by atoms with Crippen molar-refractivity contribution in [3.8, 4) is 11.6 Å². The van der Waals surface area contributed by atoms with Gasteiger partial charge >= 0.3 is 0 Å². The van der Waals surface area contributed by atoms with E-state index in [0.717, 1.165) is 0 Å². The van der Waals surface area contributed by atoms with Crippen LogP contribution in [0.3, 0.4) is 0 Å². The van der Waals surface area contributed by atoms with Gasteiger partial charge in [-0.3, -0.25) is 0 Å². The maximum absolute atomic E-state index is 13.3. The van der Waals surface area contributed by atoms with E-state index in [9.17, 15) is 4.39 Å². The highest BCUT2D eigenvalue weighted by Crippen LogP contribution is 2.26. The normalized spacial score (nSPS) is 10.1. The zero-order valence-corrected chi connectivity index (χ0v) is 9.61. The first-order chi connectivity index (χ1) is 7.65. The Bertz CT molecular complexity index is 504. The van der Waals surface area contributed by atoms with Crippen molar-refractivity contribution in [3.05, 3.63) is 40.9 Å². The van der Waals surface area contributed by atoms with Crippen molar-refractivity contribution in [2.24, 2.45) is 0 Å². The van der Waals surface area contributed by atoms with Crippen molar-refractivity contribution in [2.75, 3.05) is 5.73 Å². The first-order valence-corrected chi connectivity index (χ1v) is 5.15.